The van der Waals surface area contributed by atoms with Gasteiger partial charge in [-0.1, -0.05) is 5.16 Å². The number of ether oxygens (including phenoxy) is 1. The Kier molecular flexibility index (Phi) is 2.32. The highest BCUT2D eigenvalue weighted by atomic mass is 16.6. The molecule has 1 aromatic rings. The summed E-state index contributed by atoms with van der Waals surface area (Å²) in [6, 6.07) is 0.991. The predicted octanol–water partition coefficient (Wildman–Crippen LogP) is 1.38. The van der Waals surface area contributed by atoms with E-state index in [4.69, 9.17) is 4.74 Å². The van der Waals surface area contributed by atoms with Gasteiger partial charge in [-0.15, -0.1) is 0 Å². The zero-order chi connectivity index (χ0) is 9.14. The topological polar surface area (TPSA) is 72.2 Å². The smallest absolute Gasteiger partial charge is 0.361 e. The van der Waals surface area contributed by atoms with Gasteiger partial charge in [-0.3, -0.25) is 0 Å². The second-order valence-electron chi connectivity index (χ2n) is 2.49. The van der Waals surface area contributed by atoms with Crippen LogP contribution in [-0.4, -0.2) is 17.2 Å². The van der Waals surface area contributed by atoms with Gasteiger partial charge in [0.1, 0.15) is 0 Å². The van der Waals surface area contributed by atoms with Gasteiger partial charge < -0.3 is 9.26 Å². The molecule has 0 fully saturated rings. The number of nitrogens with zero attached hydrogens (tertiary/aromatic N) is 1. The van der Waals surface area contributed by atoms with E-state index in [1.807, 2.05) is 0 Å². The maximum absolute atomic E-state index is 11.0. The minimum Gasteiger partial charge on any atom is -0.458 e. The maximum atomic E-state index is 11.0. The molecule has 0 saturated carbocycles. The van der Waals surface area contributed by atoms with Gasteiger partial charge in [-0.2, -0.15) is 0 Å². The summed E-state index contributed by atoms with van der Waals surface area (Å²) in [4.78, 5) is 11.0. The Morgan fingerprint density at radius 2 is 2.33 bits per heavy atom. The van der Waals surface area contributed by atoms with Crippen LogP contribution in [0.25, 0.3) is 0 Å². The number of aromatic nitrogens is 1. The van der Waals surface area contributed by atoms with Crippen molar-refractivity contribution in [3.63, 3.8) is 0 Å². The fraction of sp³-hybridized carbons (Fsp3) is 0.429. The van der Waals surface area contributed by atoms with E-state index in [9.17, 15) is 9.90 Å². The van der Waals surface area contributed by atoms with Crippen molar-refractivity contribution >= 4 is 5.97 Å². The maximum Gasteiger partial charge on any atom is 0.361 e. The standard InChI is InChI=1S/C7H8NO4/c1-4(2)11-7(10)5-3-6(9)12-8-5/h3-4H,1-2H3. The molecular formula is C7H8NO4. The van der Waals surface area contributed by atoms with Crippen molar-refractivity contribution in [3.8, 4) is 5.95 Å². The zero-order valence-electron chi connectivity index (χ0n) is 6.73. The van der Waals surface area contributed by atoms with Crippen molar-refractivity contribution in [2.45, 2.75) is 20.0 Å². The molecule has 1 aromatic heterocycles. The highest BCUT2D eigenvalue weighted by Gasteiger charge is 2.15. The molecule has 0 N–H and O–H groups in total. The molecule has 0 aliphatic carbocycles. The minimum absolute atomic E-state index is 0.0892. The lowest BCUT2D eigenvalue weighted by Crippen LogP contribution is -2.11. The highest BCUT2D eigenvalue weighted by Crippen LogP contribution is 2.11. The van der Waals surface area contributed by atoms with Gasteiger partial charge >= 0.3 is 11.9 Å². The fourth-order valence-electron chi connectivity index (χ4n) is 0.629. The van der Waals surface area contributed by atoms with Crippen molar-refractivity contribution < 1.29 is 19.2 Å². The number of carbonyl (C=O) groups is 1. The first kappa shape index (κ1) is 8.58. The molecule has 0 aliphatic heterocycles. The van der Waals surface area contributed by atoms with Gasteiger partial charge in [-0.25, -0.2) is 9.90 Å². The molecule has 1 rings (SSSR count). The molecule has 5 heteroatoms. The Balaban J connectivity index is 2.65. The third kappa shape index (κ3) is 1.98. The Bertz CT molecular complexity index is 279. The molecule has 65 valence electrons. The molecule has 1 heterocycles. The van der Waals surface area contributed by atoms with Gasteiger partial charge in [0.2, 0.25) is 0 Å². The van der Waals surface area contributed by atoms with Gasteiger partial charge in [0.15, 0.2) is 5.69 Å². The van der Waals surface area contributed by atoms with E-state index in [-0.39, 0.29) is 11.8 Å². The van der Waals surface area contributed by atoms with Crippen molar-refractivity contribution in [2.75, 3.05) is 0 Å². The molecule has 0 unspecified atom stereocenters. The number of carbonyl (C=O) groups excluding carboxylic acids is 1. The van der Waals surface area contributed by atoms with E-state index in [0.29, 0.717) is 0 Å². The summed E-state index contributed by atoms with van der Waals surface area (Å²) < 4.78 is 8.91. The lowest BCUT2D eigenvalue weighted by Gasteiger charge is -2.03. The molecule has 0 bridgehead atoms. The van der Waals surface area contributed by atoms with Crippen LogP contribution in [0, 0.1) is 0 Å². The van der Waals surface area contributed by atoms with Crippen LogP contribution in [0.4, 0.5) is 0 Å². The van der Waals surface area contributed by atoms with Gasteiger partial charge in [0.25, 0.3) is 0 Å². The summed E-state index contributed by atoms with van der Waals surface area (Å²) >= 11 is 0. The normalized spacial score (nSPS) is 10.2. The lowest BCUT2D eigenvalue weighted by molar-refractivity contribution is 0.0366. The van der Waals surface area contributed by atoms with Crippen molar-refractivity contribution in [2.24, 2.45) is 0 Å². The largest absolute Gasteiger partial charge is 0.458 e. The zero-order valence-corrected chi connectivity index (χ0v) is 6.73. The van der Waals surface area contributed by atoms with Crippen molar-refractivity contribution in [1.29, 1.82) is 0 Å². The molecule has 0 aliphatic rings. The van der Waals surface area contributed by atoms with E-state index in [1.54, 1.807) is 13.8 Å². The second-order valence-corrected chi connectivity index (χ2v) is 2.49. The van der Waals surface area contributed by atoms with Crippen LogP contribution in [0.15, 0.2) is 10.6 Å². The third-order valence-electron chi connectivity index (χ3n) is 1.04. The highest BCUT2D eigenvalue weighted by molar-refractivity contribution is 5.87. The summed E-state index contributed by atoms with van der Waals surface area (Å²) in [5.74, 6) is -1.29. The Morgan fingerprint density at radius 3 is 2.75 bits per heavy atom. The fourth-order valence-corrected chi connectivity index (χ4v) is 0.629. The van der Waals surface area contributed by atoms with Crippen LogP contribution in [0.1, 0.15) is 24.3 Å². The molecular weight excluding hydrogens is 162 g/mol. The molecule has 0 aromatic carbocycles. The third-order valence-corrected chi connectivity index (χ3v) is 1.04. The average molecular weight is 170 g/mol. The summed E-state index contributed by atoms with van der Waals surface area (Å²) in [6.07, 6.45) is -0.232. The van der Waals surface area contributed by atoms with Crippen LogP contribution >= 0.6 is 0 Å². The lowest BCUT2D eigenvalue weighted by atomic mass is 10.4. The number of hydrogen-bond donors (Lipinski definition) is 0. The van der Waals surface area contributed by atoms with Crippen LogP contribution < -0.4 is 0 Å². The summed E-state index contributed by atoms with van der Waals surface area (Å²) in [5, 5.41) is 13.7. The molecule has 0 spiro atoms. The molecule has 0 saturated heterocycles. The average Bonchev–Trinajstić information content (AvgIpc) is 2.34. The molecule has 0 atom stereocenters. The number of hydrogen-bond acceptors (Lipinski definition) is 4. The molecule has 5 nitrogen and oxygen atoms in total. The van der Waals surface area contributed by atoms with E-state index < -0.39 is 11.9 Å². The Hall–Kier alpha value is -1.52. The minimum atomic E-state index is -0.647. The summed E-state index contributed by atoms with van der Waals surface area (Å²) in [7, 11) is 0. The van der Waals surface area contributed by atoms with E-state index in [2.05, 4.69) is 9.68 Å². The quantitative estimate of drug-likeness (QED) is 0.628. The molecule has 1 radical (unpaired) electrons. The predicted molar refractivity (Wildman–Crippen MR) is 37.2 cm³/mol. The van der Waals surface area contributed by atoms with Gasteiger partial charge in [0, 0.05) is 0 Å². The van der Waals surface area contributed by atoms with Crippen LogP contribution in [0.2, 0.25) is 0 Å². The van der Waals surface area contributed by atoms with Crippen LogP contribution in [-0.2, 0) is 9.84 Å². The van der Waals surface area contributed by atoms with Gasteiger partial charge in [-0.05, 0) is 13.8 Å². The molecule has 12 heavy (non-hydrogen) atoms. The first-order valence-corrected chi connectivity index (χ1v) is 3.44. The summed E-state index contributed by atoms with van der Waals surface area (Å²) in [6.45, 7) is 3.41. The summed E-state index contributed by atoms with van der Waals surface area (Å²) in [5.41, 5.74) is -0.0892. The van der Waals surface area contributed by atoms with Crippen molar-refractivity contribution in [3.05, 3.63) is 11.8 Å². The van der Waals surface area contributed by atoms with E-state index >= 15 is 0 Å². The SMILES string of the molecule is CC(C)OC(=O)c1cc([O])on1. The van der Waals surface area contributed by atoms with E-state index in [1.165, 1.54) is 0 Å². The van der Waals surface area contributed by atoms with E-state index in [0.717, 1.165) is 6.07 Å². The monoisotopic (exact) mass is 170 g/mol. The number of esters is 1. The first-order valence-electron chi connectivity index (χ1n) is 3.44. The van der Waals surface area contributed by atoms with Crippen LogP contribution in [0.5, 0.6) is 5.95 Å². The number of rotatable bonds is 2. The van der Waals surface area contributed by atoms with Crippen molar-refractivity contribution in [1.82, 2.24) is 5.16 Å². The Morgan fingerprint density at radius 1 is 1.67 bits per heavy atom. The first-order chi connectivity index (χ1) is 5.59. The molecule has 0 amide bonds. The second kappa shape index (κ2) is 3.25. The van der Waals surface area contributed by atoms with Crippen LogP contribution in [0.3, 0.4) is 0 Å². The van der Waals surface area contributed by atoms with Gasteiger partial charge in [0.05, 0.1) is 12.2 Å². The Labute approximate surface area is 68.9 Å².